The number of benzene rings is 1. The lowest BCUT2D eigenvalue weighted by Crippen LogP contribution is -2.19. The zero-order chi connectivity index (χ0) is 16.9. The molecule has 0 bridgehead atoms. The highest BCUT2D eigenvalue weighted by atomic mass is 16.4. The second kappa shape index (κ2) is 4.93. The molecule has 1 fully saturated rings. The number of carbonyl (C=O) groups is 1. The number of aromatic carboxylic acids is 1. The molecule has 0 aliphatic heterocycles. The maximum absolute atomic E-state index is 11.6. The number of nitriles is 1. The van der Waals surface area contributed by atoms with E-state index < -0.39 is 11.5 Å². The summed E-state index contributed by atoms with van der Waals surface area (Å²) < 4.78 is 1.69. The summed E-state index contributed by atoms with van der Waals surface area (Å²) in [6.07, 6.45) is 3.15. The van der Waals surface area contributed by atoms with Gasteiger partial charge in [0.05, 0.1) is 11.6 Å². The molecule has 5 nitrogen and oxygen atoms in total. The molecule has 3 aromatic rings. The van der Waals surface area contributed by atoms with Crippen LogP contribution >= 0.6 is 0 Å². The van der Waals surface area contributed by atoms with Gasteiger partial charge in [-0.2, -0.15) is 5.26 Å². The van der Waals surface area contributed by atoms with Crippen molar-refractivity contribution in [1.82, 2.24) is 9.55 Å². The lowest BCUT2D eigenvalue weighted by molar-refractivity contribution is 0.0684. The minimum absolute atomic E-state index is 0.173. The first-order chi connectivity index (χ1) is 11.5. The van der Waals surface area contributed by atoms with Gasteiger partial charge in [0.15, 0.2) is 0 Å². The van der Waals surface area contributed by atoms with Crippen molar-refractivity contribution < 1.29 is 9.90 Å². The molecule has 118 valence electrons. The highest BCUT2D eigenvalue weighted by Gasteiger charge is 2.47. The number of fused-ring (bicyclic) bond motifs is 1. The largest absolute Gasteiger partial charge is 0.477 e. The number of aryl methyl sites for hydroxylation is 1. The Balaban J connectivity index is 1.94. The molecule has 0 atom stereocenters. The molecule has 0 spiro atoms. The summed E-state index contributed by atoms with van der Waals surface area (Å²) in [7, 11) is 0. The quantitative estimate of drug-likeness (QED) is 0.798. The van der Waals surface area contributed by atoms with Crippen molar-refractivity contribution in [2.75, 3.05) is 0 Å². The summed E-state index contributed by atoms with van der Waals surface area (Å²) in [5.74, 6) is -1.01. The van der Waals surface area contributed by atoms with E-state index in [2.05, 4.69) is 11.1 Å². The van der Waals surface area contributed by atoms with E-state index in [0.29, 0.717) is 12.8 Å². The Labute approximate surface area is 138 Å². The molecule has 1 aromatic carbocycles. The van der Waals surface area contributed by atoms with E-state index in [1.807, 2.05) is 37.3 Å². The highest BCUT2D eigenvalue weighted by Crippen LogP contribution is 2.46. The van der Waals surface area contributed by atoms with Gasteiger partial charge in [-0.15, -0.1) is 0 Å². The Hall–Kier alpha value is -3.13. The zero-order valence-electron chi connectivity index (χ0n) is 13.2. The Morgan fingerprint density at radius 2 is 2.00 bits per heavy atom. The van der Waals surface area contributed by atoms with Gasteiger partial charge in [-0.05, 0) is 61.2 Å². The third kappa shape index (κ3) is 2.08. The molecule has 0 radical (unpaired) electrons. The van der Waals surface area contributed by atoms with Gasteiger partial charge in [-0.3, -0.25) is 4.98 Å². The van der Waals surface area contributed by atoms with Crippen molar-refractivity contribution in [3.63, 3.8) is 0 Å². The molecule has 24 heavy (non-hydrogen) atoms. The number of hydrogen-bond acceptors (Lipinski definition) is 3. The maximum Gasteiger partial charge on any atom is 0.352 e. The summed E-state index contributed by atoms with van der Waals surface area (Å²) in [6.45, 7) is 1.94. The molecular weight excluding hydrogens is 302 g/mol. The molecule has 1 aliphatic carbocycles. The van der Waals surface area contributed by atoms with Crippen molar-refractivity contribution in [2.24, 2.45) is 0 Å². The van der Waals surface area contributed by atoms with Crippen LogP contribution < -0.4 is 0 Å². The Kier molecular flexibility index (Phi) is 2.97. The molecule has 4 rings (SSSR count). The fourth-order valence-corrected chi connectivity index (χ4v) is 3.24. The minimum atomic E-state index is -1.01. The van der Waals surface area contributed by atoms with Gasteiger partial charge in [-0.25, -0.2) is 4.79 Å². The lowest BCUT2D eigenvalue weighted by Gasteiger charge is -2.13. The van der Waals surface area contributed by atoms with Crippen LogP contribution in [0.25, 0.3) is 22.0 Å². The molecule has 5 heteroatoms. The Bertz CT molecular complexity index is 1020. The second-order valence-corrected chi connectivity index (χ2v) is 6.27. The smallest absolute Gasteiger partial charge is 0.352 e. The molecule has 0 unspecified atom stereocenters. The summed E-state index contributed by atoms with van der Waals surface area (Å²) in [6, 6.07) is 13.7. The van der Waals surface area contributed by atoms with Crippen LogP contribution in [0.3, 0.4) is 0 Å². The van der Waals surface area contributed by atoms with Crippen molar-refractivity contribution in [3.8, 4) is 17.2 Å². The zero-order valence-corrected chi connectivity index (χ0v) is 13.2. The van der Waals surface area contributed by atoms with Gasteiger partial charge in [0.2, 0.25) is 0 Å². The molecular formula is C19H15N3O2. The van der Waals surface area contributed by atoms with Crippen LogP contribution in [-0.4, -0.2) is 20.6 Å². The van der Waals surface area contributed by atoms with Gasteiger partial charge in [0, 0.05) is 17.3 Å². The van der Waals surface area contributed by atoms with Crippen LogP contribution in [0.5, 0.6) is 0 Å². The van der Waals surface area contributed by atoms with Crippen LogP contribution in [0.15, 0.2) is 42.6 Å². The predicted molar refractivity (Wildman–Crippen MR) is 89.7 cm³/mol. The standard InChI is InChI=1S/C19H15N3O2/c1-12-8-14(4-7-21-12)13-2-3-16-15(9-13)10-17(18(23)24)22(16)19(11-20)5-6-19/h2-4,7-10H,5-6H2,1H3,(H,23,24). The Morgan fingerprint density at radius 1 is 1.25 bits per heavy atom. The molecule has 0 saturated heterocycles. The number of pyridine rings is 1. The van der Waals surface area contributed by atoms with E-state index in [9.17, 15) is 15.2 Å². The molecule has 1 aliphatic rings. The van der Waals surface area contributed by atoms with Crippen molar-refractivity contribution >= 4 is 16.9 Å². The van der Waals surface area contributed by atoms with Crippen molar-refractivity contribution in [2.45, 2.75) is 25.3 Å². The summed E-state index contributed by atoms with van der Waals surface area (Å²) >= 11 is 0. The van der Waals surface area contributed by atoms with Crippen molar-refractivity contribution in [3.05, 3.63) is 54.0 Å². The van der Waals surface area contributed by atoms with Gasteiger partial charge >= 0.3 is 5.97 Å². The number of aromatic nitrogens is 2. The normalized spacial score (nSPS) is 15.2. The SMILES string of the molecule is Cc1cc(-c2ccc3c(c2)cc(C(=O)O)n3C2(C#N)CC2)ccn1. The first-order valence-corrected chi connectivity index (χ1v) is 7.78. The first kappa shape index (κ1) is 14.5. The summed E-state index contributed by atoms with van der Waals surface area (Å²) in [4.78, 5) is 15.8. The fourth-order valence-electron chi connectivity index (χ4n) is 3.24. The number of carboxylic acid groups (broad SMARTS) is 1. The third-order valence-corrected chi connectivity index (χ3v) is 4.61. The molecule has 2 heterocycles. The van der Waals surface area contributed by atoms with Gasteiger partial charge in [0.1, 0.15) is 11.2 Å². The van der Waals surface area contributed by atoms with E-state index in [1.165, 1.54) is 0 Å². The van der Waals surface area contributed by atoms with E-state index in [4.69, 9.17) is 0 Å². The molecule has 0 amide bonds. The third-order valence-electron chi connectivity index (χ3n) is 4.61. The van der Waals surface area contributed by atoms with Gasteiger partial charge in [0.25, 0.3) is 0 Å². The first-order valence-electron chi connectivity index (χ1n) is 7.78. The van der Waals surface area contributed by atoms with Crippen LogP contribution in [0.2, 0.25) is 0 Å². The van der Waals surface area contributed by atoms with Crippen LogP contribution in [0.1, 0.15) is 29.0 Å². The van der Waals surface area contributed by atoms with Crippen molar-refractivity contribution in [1.29, 1.82) is 5.26 Å². The summed E-state index contributed by atoms with van der Waals surface area (Å²) in [5.41, 5.74) is 3.23. The topological polar surface area (TPSA) is 78.9 Å². The van der Waals surface area contributed by atoms with E-state index >= 15 is 0 Å². The number of hydrogen-bond donors (Lipinski definition) is 1. The van der Waals surface area contributed by atoms with E-state index in [1.54, 1.807) is 16.8 Å². The molecule has 2 aromatic heterocycles. The predicted octanol–water partition coefficient (Wildman–Crippen LogP) is 3.72. The van der Waals surface area contributed by atoms with Crippen LogP contribution in [-0.2, 0) is 5.54 Å². The second-order valence-electron chi connectivity index (χ2n) is 6.27. The summed E-state index contributed by atoms with van der Waals surface area (Å²) in [5, 5.41) is 19.9. The monoisotopic (exact) mass is 317 g/mol. The minimum Gasteiger partial charge on any atom is -0.477 e. The molecule has 1 N–H and O–H groups in total. The van der Waals surface area contributed by atoms with Crippen LogP contribution in [0, 0.1) is 18.3 Å². The average molecular weight is 317 g/mol. The maximum atomic E-state index is 11.6. The van der Waals surface area contributed by atoms with E-state index in [-0.39, 0.29) is 5.69 Å². The highest BCUT2D eigenvalue weighted by molar-refractivity contribution is 5.96. The number of rotatable bonds is 3. The Morgan fingerprint density at radius 3 is 2.62 bits per heavy atom. The van der Waals surface area contributed by atoms with Crippen LogP contribution in [0.4, 0.5) is 0 Å². The number of nitrogens with zero attached hydrogens (tertiary/aromatic N) is 3. The fraction of sp³-hybridized carbons (Fsp3) is 0.211. The van der Waals surface area contributed by atoms with E-state index in [0.717, 1.165) is 27.7 Å². The van der Waals surface area contributed by atoms with Gasteiger partial charge in [-0.1, -0.05) is 6.07 Å². The average Bonchev–Trinajstić information content (AvgIpc) is 3.27. The lowest BCUT2D eigenvalue weighted by atomic mass is 10.0. The molecule has 1 saturated carbocycles. The number of carboxylic acids is 1. The van der Waals surface area contributed by atoms with Gasteiger partial charge < -0.3 is 9.67 Å².